The number of hydrogen-bond acceptors (Lipinski definition) is 4. The Morgan fingerprint density at radius 1 is 1.61 bits per heavy atom. The van der Waals surface area contributed by atoms with Crippen LogP contribution in [0.15, 0.2) is 29.5 Å². The van der Waals surface area contributed by atoms with Crippen molar-refractivity contribution in [3.8, 4) is 0 Å². The van der Waals surface area contributed by atoms with Crippen molar-refractivity contribution in [1.82, 2.24) is 0 Å². The van der Waals surface area contributed by atoms with Crippen molar-refractivity contribution in [1.29, 1.82) is 0 Å². The lowest BCUT2D eigenvalue weighted by Gasteiger charge is -2.32. The van der Waals surface area contributed by atoms with Crippen LogP contribution in [0.25, 0.3) is 0 Å². The summed E-state index contributed by atoms with van der Waals surface area (Å²) in [6.45, 7) is 2.87. The molecule has 0 amide bonds. The number of carboxylic acids is 1. The number of quaternary nitrogens is 1. The van der Waals surface area contributed by atoms with Crippen molar-refractivity contribution < 1.29 is 14.4 Å². The summed E-state index contributed by atoms with van der Waals surface area (Å²) in [6, 6.07) is 0. The van der Waals surface area contributed by atoms with Gasteiger partial charge < -0.3 is 15.6 Å². The number of carboxylic acid groups (broad SMARTS) is 1. The Morgan fingerprint density at radius 3 is 3.00 bits per heavy atom. The van der Waals surface area contributed by atoms with Crippen molar-refractivity contribution >= 4 is 11.8 Å². The number of allylic oxidation sites excluding steroid dienone is 2. The molecule has 0 aliphatic carbocycles. The van der Waals surface area contributed by atoms with E-state index in [4.69, 9.17) is 5.73 Å². The molecule has 0 aromatic carbocycles. The first-order valence-electron chi connectivity index (χ1n) is 6.27. The molecule has 5 nitrogen and oxygen atoms in total. The molecule has 0 fully saturated rings. The van der Waals surface area contributed by atoms with Crippen LogP contribution in [0.1, 0.15) is 26.2 Å². The van der Waals surface area contributed by atoms with E-state index in [9.17, 15) is 9.90 Å². The summed E-state index contributed by atoms with van der Waals surface area (Å²) in [5, 5.41) is 10.9. The van der Waals surface area contributed by atoms with Gasteiger partial charge in [-0.1, -0.05) is 12.2 Å². The van der Waals surface area contributed by atoms with E-state index in [2.05, 4.69) is 11.1 Å². The molecule has 0 aromatic rings. The van der Waals surface area contributed by atoms with Crippen molar-refractivity contribution in [3.05, 3.63) is 24.6 Å². The third-order valence-electron chi connectivity index (χ3n) is 3.04. The standard InChI is InChI=1S/C13H21N3O2/c1-2-3-4-5-6-12-15-8-10-16(12,9-7-14)11-13(17)18/h2-3,8,10H,4-7,9,11,14H2,1H3/b3-2+. The summed E-state index contributed by atoms with van der Waals surface area (Å²) in [5.74, 6) is -0.203. The van der Waals surface area contributed by atoms with Gasteiger partial charge in [-0.3, -0.25) is 0 Å². The van der Waals surface area contributed by atoms with Crippen LogP contribution in [-0.2, 0) is 4.79 Å². The van der Waals surface area contributed by atoms with Crippen LogP contribution < -0.4 is 10.8 Å². The van der Waals surface area contributed by atoms with Gasteiger partial charge in [-0.2, -0.15) is 0 Å². The van der Waals surface area contributed by atoms with E-state index < -0.39 is 5.97 Å². The van der Waals surface area contributed by atoms with Crippen molar-refractivity contribution in [2.75, 3.05) is 19.6 Å². The predicted octanol–water partition coefficient (Wildman–Crippen LogP) is 0.142. The summed E-state index contributed by atoms with van der Waals surface area (Å²) in [5.41, 5.74) is 5.58. The predicted molar refractivity (Wildman–Crippen MR) is 69.3 cm³/mol. The number of hydrogen-bond donors (Lipinski definition) is 1. The molecule has 1 rings (SSSR count). The van der Waals surface area contributed by atoms with Crippen LogP contribution in [0.3, 0.4) is 0 Å². The number of amidine groups is 1. The second-order valence-electron chi connectivity index (χ2n) is 4.38. The molecule has 0 saturated carbocycles. The van der Waals surface area contributed by atoms with E-state index in [0.29, 0.717) is 13.1 Å². The Kier molecular flexibility index (Phi) is 5.74. The second kappa shape index (κ2) is 7.08. The summed E-state index contributed by atoms with van der Waals surface area (Å²) in [7, 11) is 0. The molecule has 1 atom stereocenters. The largest absolute Gasteiger partial charge is 0.544 e. The lowest BCUT2D eigenvalue weighted by atomic mass is 10.2. The van der Waals surface area contributed by atoms with Gasteiger partial charge in [0.2, 0.25) is 5.84 Å². The number of nitrogens with zero attached hydrogens (tertiary/aromatic N) is 2. The van der Waals surface area contributed by atoms with Gasteiger partial charge in [0.15, 0.2) is 0 Å². The Labute approximate surface area is 108 Å². The highest BCUT2D eigenvalue weighted by Gasteiger charge is 2.34. The molecule has 18 heavy (non-hydrogen) atoms. The number of aliphatic imine (C=N–C) groups is 1. The van der Waals surface area contributed by atoms with Gasteiger partial charge in [-0.05, 0) is 19.8 Å². The van der Waals surface area contributed by atoms with Crippen LogP contribution in [0.5, 0.6) is 0 Å². The smallest absolute Gasteiger partial charge is 0.207 e. The van der Waals surface area contributed by atoms with E-state index in [1.54, 1.807) is 12.4 Å². The van der Waals surface area contributed by atoms with Crippen molar-refractivity contribution in [2.45, 2.75) is 26.2 Å². The number of carbonyl (C=O) groups is 1. The van der Waals surface area contributed by atoms with Crippen LogP contribution >= 0.6 is 0 Å². The fourth-order valence-electron chi connectivity index (χ4n) is 2.17. The maximum Gasteiger partial charge on any atom is 0.207 e. The van der Waals surface area contributed by atoms with E-state index >= 15 is 0 Å². The minimum Gasteiger partial charge on any atom is -0.544 e. The summed E-state index contributed by atoms with van der Waals surface area (Å²) < 4.78 is 0.217. The van der Waals surface area contributed by atoms with Crippen LogP contribution in [0, 0.1) is 0 Å². The molecule has 1 aliphatic rings. The number of nitrogens with two attached hydrogens (primary N) is 1. The Balaban J connectivity index is 2.67. The topological polar surface area (TPSA) is 78.5 Å². The van der Waals surface area contributed by atoms with Crippen LogP contribution in [0.4, 0.5) is 0 Å². The van der Waals surface area contributed by atoms with E-state index in [0.717, 1.165) is 25.1 Å². The lowest BCUT2D eigenvalue weighted by molar-refractivity contribution is -0.780. The third-order valence-corrected chi connectivity index (χ3v) is 3.04. The average Bonchev–Trinajstić information content (AvgIpc) is 2.67. The molecule has 1 aliphatic heterocycles. The fourth-order valence-corrected chi connectivity index (χ4v) is 2.17. The SMILES string of the molecule is C/C=C/CCCC1=NC=C[N+]1(CCN)CC(=O)[O-]. The summed E-state index contributed by atoms with van der Waals surface area (Å²) in [6.07, 6.45) is 10.3. The molecule has 0 spiro atoms. The van der Waals surface area contributed by atoms with Gasteiger partial charge in [-0.15, -0.1) is 0 Å². The second-order valence-corrected chi connectivity index (χ2v) is 4.38. The maximum atomic E-state index is 10.9. The number of carbonyl (C=O) groups excluding carboxylic acids is 1. The number of rotatable bonds is 8. The number of unbranched alkanes of at least 4 members (excludes halogenated alkanes) is 1. The third kappa shape index (κ3) is 3.78. The minimum atomic E-state index is -1.07. The molecule has 0 saturated heterocycles. The van der Waals surface area contributed by atoms with Crippen LogP contribution in [0.2, 0.25) is 0 Å². The first-order valence-corrected chi connectivity index (χ1v) is 6.27. The highest BCUT2D eigenvalue weighted by Crippen LogP contribution is 2.20. The molecule has 5 heteroatoms. The first kappa shape index (κ1) is 14.6. The summed E-state index contributed by atoms with van der Waals surface area (Å²) >= 11 is 0. The molecule has 0 aromatic heterocycles. The molecule has 0 radical (unpaired) electrons. The molecule has 2 N–H and O–H groups in total. The van der Waals surface area contributed by atoms with Gasteiger partial charge in [0, 0.05) is 13.0 Å². The van der Waals surface area contributed by atoms with Gasteiger partial charge in [0.25, 0.3) is 0 Å². The Hall–Kier alpha value is -1.46. The zero-order valence-corrected chi connectivity index (χ0v) is 10.8. The average molecular weight is 251 g/mol. The van der Waals surface area contributed by atoms with E-state index in [1.807, 2.05) is 13.0 Å². The van der Waals surface area contributed by atoms with Crippen molar-refractivity contribution in [3.63, 3.8) is 0 Å². The molecule has 100 valence electrons. The number of aliphatic carboxylic acids is 1. The zero-order chi connectivity index (χ0) is 13.4. The molecule has 1 unspecified atom stereocenters. The van der Waals surface area contributed by atoms with Gasteiger partial charge in [0.05, 0.1) is 12.2 Å². The van der Waals surface area contributed by atoms with Gasteiger partial charge in [0.1, 0.15) is 19.3 Å². The highest BCUT2D eigenvalue weighted by molar-refractivity contribution is 5.80. The molecular formula is C13H21N3O2. The Morgan fingerprint density at radius 2 is 2.39 bits per heavy atom. The maximum absolute atomic E-state index is 10.9. The lowest BCUT2D eigenvalue weighted by Crippen LogP contribution is -2.55. The zero-order valence-electron chi connectivity index (χ0n) is 10.8. The van der Waals surface area contributed by atoms with Gasteiger partial charge in [-0.25, -0.2) is 9.48 Å². The van der Waals surface area contributed by atoms with Crippen LogP contribution in [-0.4, -0.2) is 35.9 Å². The van der Waals surface area contributed by atoms with Gasteiger partial charge >= 0.3 is 0 Å². The fraction of sp³-hybridized carbons (Fsp3) is 0.538. The molecule has 1 heterocycles. The van der Waals surface area contributed by atoms with E-state index in [1.165, 1.54) is 0 Å². The quantitative estimate of drug-likeness (QED) is 0.379. The summed E-state index contributed by atoms with van der Waals surface area (Å²) in [4.78, 5) is 15.2. The first-order chi connectivity index (χ1) is 8.64. The molecule has 0 bridgehead atoms. The Bertz CT molecular complexity index is 374. The molecular weight excluding hydrogens is 230 g/mol. The van der Waals surface area contributed by atoms with E-state index in [-0.39, 0.29) is 11.0 Å². The highest BCUT2D eigenvalue weighted by atomic mass is 16.4. The van der Waals surface area contributed by atoms with Crippen molar-refractivity contribution in [2.24, 2.45) is 10.7 Å². The monoisotopic (exact) mass is 251 g/mol. The minimum absolute atomic E-state index is 0.0872. The normalized spacial score (nSPS) is 22.7.